The molecule has 1 amide bonds. The molecule has 0 spiro atoms. The van der Waals surface area contributed by atoms with Crippen molar-refractivity contribution in [3.8, 4) is 5.75 Å². The van der Waals surface area contributed by atoms with Crippen LogP contribution in [0.1, 0.15) is 31.2 Å². The van der Waals surface area contributed by atoms with Gasteiger partial charge in [0.25, 0.3) is 0 Å². The minimum atomic E-state index is -0.461. The lowest BCUT2D eigenvalue weighted by atomic mass is 10.1. The summed E-state index contributed by atoms with van der Waals surface area (Å²) in [4.78, 5) is 14.2. The Morgan fingerprint density at radius 2 is 2.24 bits per heavy atom. The molecule has 0 saturated carbocycles. The molecule has 1 aromatic carbocycles. The first-order chi connectivity index (χ1) is 10.2. The molecular weight excluding hydrogens is 273 g/mol. The van der Waals surface area contributed by atoms with Gasteiger partial charge in [-0.1, -0.05) is 18.9 Å². The van der Waals surface area contributed by atoms with Crippen LogP contribution in [0.5, 0.6) is 5.75 Å². The Morgan fingerprint density at radius 1 is 1.43 bits per heavy atom. The van der Waals surface area contributed by atoms with Gasteiger partial charge in [-0.2, -0.15) is 0 Å². The van der Waals surface area contributed by atoms with E-state index in [0.717, 1.165) is 25.7 Å². The largest absolute Gasteiger partial charge is 0.494 e. The number of carbonyl (C=O) groups excluding carboxylic acids is 1. The number of aliphatic hydroxyl groups is 1. The Hall–Kier alpha value is -1.62. The van der Waals surface area contributed by atoms with Crippen LogP contribution in [0, 0.1) is 5.82 Å². The van der Waals surface area contributed by atoms with Gasteiger partial charge in [-0.15, -0.1) is 0 Å². The third-order valence-corrected chi connectivity index (χ3v) is 3.98. The van der Waals surface area contributed by atoms with Crippen LogP contribution in [-0.4, -0.2) is 42.2 Å². The molecule has 2 rings (SSSR count). The fraction of sp³-hybridized carbons (Fsp3) is 0.562. The van der Waals surface area contributed by atoms with Gasteiger partial charge in [0.05, 0.1) is 26.2 Å². The summed E-state index contributed by atoms with van der Waals surface area (Å²) in [7, 11) is 1.41. The van der Waals surface area contributed by atoms with Crippen LogP contribution >= 0.6 is 0 Å². The zero-order chi connectivity index (χ0) is 15.2. The highest BCUT2D eigenvalue weighted by molar-refractivity contribution is 5.79. The van der Waals surface area contributed by atoms with E-state index in [2.05, 4.69) is 0 Å². The monoisotopic (exact) mass is 295 g/mol. The average Bonchev–Trinajstić information content (AvgIpc) is 2.72. The fourth-order valence-corrected chi connectivity index (χ4v) is 2.79. The van der Waals surface area contributed by atoms with Crippen molar-refractivity contribution in [2.24, 2.45) is 0 Å². The van der Waals surface area contributed by atoms with E-state index in [1.54, 1.807) is 11.0 Å². The number of nitrogens with zero attached hydrogens (tertiary/aromatic N) is 1. The number of benzene rings is 1. The van der Waals surface area contributed by atoms with Gasteiger partial charge < -0.3 is 14.7 Å². The smallest absolute Gasteiger partial charge is 0.227 e. The summed E-state index contributed by atoms with van der Waals surface area (Å²) in [6, 6.07) is 4.46. The van der Waals surface area contributed by atoms with E-state index in [9.17, 15) is 14.3 Å². The van der Waals surface area contributed by atoms with Crippen LogP contribution in [-0.2, 0) is 11.2 Å². The van der Waals surface area contributed by atoms with Gasteiger partial charge in [0.15, 0.2) is 11.6 Å². The molecule has 4 nitrogen and oxygen atoms in total. The number of likely N-dealkylation sites (tertiary alicyclic amines) is 1. The molecule has 5 heteroatoms. The topological polar surface area (TPSA) is 49.8 Å². The SMILES string of the molecule is COc1ccc(CC(=O)N2CCCCCC2CO)cc1F. The summed E-state index contributed by atoms with van der Waals surface area (Å²) in [5.74, 6) is -0.341. The highest BCUT2D eigenvalue weighted by Gasteiger charge is 2.24. The van der Waals surface area contributed by atoms with Crippen LogP contribution in [0.15, 0.2) is 18.2 Å². The van der Waals surface area contributed by atoms with Crippen molar-refractivity contribution in [2.75, 3.05) is 20.3 Å². The summed E-state index contributed by atoms with van der Waals surface area (Å²) in [6.45, 7) is 0.658. The number of amides is 1. The molecule has 0 aromatic heterocycles. The van der Waals surface area contributed by atoms with Gasteiger partial charge in [-0.3, -0.25) is 4.79 Å². The third-order valence-electron chi connectivity index (χ3n) is 3.98. The minimum Gasteiger partial charge on any atom is -0.494 e. The maximum absolute atomic E-state index is 13.7. The first-order valence-corrected chi connectivity index (χ1v) is 7.38. The quantitative estimate of drug-likeness (QED) is 0.926. The molecule has 0 bridgehead atoms. The number of rotatable bonds is 4. The maximum atomic E-state index is 13.7. The number of halogens is 1. The van der Waals surface area contributed by atoms with Crippen LogP contribution in [0.4, 0.5) is 4.39 Å². The van der Waals surface area contributed by atoms with Crippen LogP contribution in [0.2, 0.25) is 0 Å². The molecule has 1 atom stereocenters. The highest BCUT2D eigenvalue weighted by atomic mass is 19.1. The predicted octanol–water partition coefficient (Wildman–Crippen LogP) is 2.14. The van der Waals surface area contributed by atoms with Gasteiger partial charge >= 0.3 is 0 Å². The molecule has 1 aromatic rings. The number of methoxy groups -OCH3 is 1. The van der Waals surface area contributed by atoms with Gasteiger partial charge in [0.1, 0.15) is 0 Å². The first kappa shape index (κ1) is 15.8. The molecule has 1 N–H and O–H groups in total. The lowest BCUT2D eigenvalue weighted by Crippen LogP contribution is -2.42. The van der Waals surface area contributed by atoms with E-state index in [0.29, 0.717) is 12.1 Å². The Labute approximate surface area is 124 Å². The van der Waals surface area contributed by atoms with Crippen molar-refractivity contribution in [1.82, 2.24) is 4.90 Å². The number of hydrogen-bond donors (Lipinski definition) is 1. The van der Waals surface area contributed by atoms with Gasteiger partial charge in [0.2, 0.25) is 5.91 Å². The Morgan fingerprint density at radius 3 is 2.90 bits per heavy atom. The first-order valence-electron chi connectivity index (χ1n) is 7.38. The van der Waals surface area contributed by atoms with Gasteiger partial charge in [-0.25, -0.2) is 4.39 Å². The molecule has 1 saturated heterocycles. The second-order valence-corrected chi connectivity index (χ2v) is 5.42. The van der Waals surface area contributed by atoms with E-state index < -0.39 is 5.82 Å². The highest BCUT2D eigenvalue weighted by Crippen LogP contribution is 2.20. The third kappa shape index (κ3) is 3.94. The molecule has 0 radical (unpaired) electrons. The molecule has 1 heterocycles. The van der Waals surface area contributed by atoms with E-state index in [4.69, 9.17) is 4.74 Å². The second kappa shape index (κ2) is 7.41. The van der Waals surface area contributed by atoms with Crippen LogP contribution in [0.3, 0.4) is 0 Å². The van der Waals surface area contributed by atoms with Gasteiger partial charge in [-0.05, 0) is 30.5 Å². The van der Waals surface area contributed by atoms with E-state index in [1.807, 2.05) is 0 Å². The number of aliphatic hydroxyl groups excluding tert-OH is 1. The van der Waals surface area contributed by atoms with Crippen molar-refractivity contribution in [1.29, 1.82) is 0 Å². The number of hydrogen-bond acceptors (Lipinski definition) is 3. The normalized spacial score (nSPS) is 19.2. The lowest BCUT2D eigenvalue weighted by Gasteiger charge is -2.28. The van der Waals surface area contributed by atoms with Crippen molar-refractivity contribution >= 4 is 5.91 Å². The van der Waals surface area contributed by atoms with E-state index >= 15 is 0 Å². The van der Waals surface area contributed by atoms with Crippen molar-refractivity contribution in [3.05, 3.63) is 29.6 Å². The van der Waals surface area contributed by atoms with Crippen molar-refractivity contribution in [3.63, 3.8) is 0 Å². The summed E-state index contributed by atoms with van der Waals surface area (Å²) in [6.07, 6.45) is 4.06. The minimum absolute atomic E-state index is 0.0112. The predicted molar refractivity (Wildman–Crippen MR) is 77.7 cm³/mol. The number of ether oxygens (including phenoxy) is 1. The maximum Gasteiger partial charge on any atom is 0.227 e. The lowest BCUT2D eigenvalue weighted by molar-refractivity contribution is -0.133. The van der Waals surface area contributed by atoms with Crippen LogP contribution < -0.4 is 4.74 Å². The average molecular weight is 295 g/mol. The number of carbonyl (C=O) groups is 1. The zero-order valence-corrected chi connectivity index (χ0v) is 12.3. The van der Waals surface area contributed by atoms with Crippen molar-refractivity contribution < 1.29 is 19.0 Å². The van der Waals surface area contributed by atoms with E-state index in [1.165, 1.54) is 19.2 Å². The van der Waals surface area contributed by atoms with Crippen molar-refractivity contribution in [2.45, 2.75) is 38.1 Å². The van der Waals surface area contributed by atoms with E-state index in [-0.39, 0.29) is 30.7 Å². The second-order valence-electron chi connectivity index (χ2n) is 5.42. The Balaban J connectivity index is 2.07. The van der Waals surface area contributed by atoms with Gasteiger partial charge in [0, 0.05) is 6.54 Å². The summed E-state index contributed by atoms with van der Waals surface area (Å²) < 4.78 is 18.5. The molecule has 0 aliphatic carbocycles. The molecule has 21 heavy (non-hydrogen) atoms. The Bertz CT molecular complexity index is 492. The fourth-order valence-electron chi connectivity index (χ4n) is 2.79. The molecule has 1 fully saturated rings. The molecule has 1 unspecified atom stereocenters. The summed E-state index contributed by atoms with van der Waals surface area (Å²) in [5, 5.41) is 9.44. The zero-order valence-electron chi connectivity index (χ0n) is 12.3. The molecule has 1 aliphatic rings. The molecule has 116 valence electrons. The molecule has 1 aliphatic heterocycles. The van der Waals surface area contributed by atoms with Crippen LogP contribution in [0.25, 0.3) is 0 Å². The standard InChI is InChI=1S/C16H22FNO3/c1-21-15-7-6-12(9-14(15)17)10-16(20)18-8-4-2-3-5-13(18)11-19/h6-7,9,13,19H,2-5,8,10-11H2,1H3. The molecular formula is C16H22FNO3. The summed E-state index contributed by atoms with van der Waals surface area (Å²) >= 11 is 0. The summed E-state index contributed by atoms with van der Waals surface area (Å²) in [5.41, 5.74) is 0.624. The Kier molecular flexibility index (Phi) is 5.56.